The van der Waals surface area contributed by atoms with Gasteiger partial charge in [0.2, 0.25) is 0 Å². The third kappa shape index (κ3) is 5.63. The van der Waals surface area contributed by atoms with Crippen LogP contribution in [0.25, 0.3) is 0 Å². The number of piperidine rings is 1. The maximum absolute atomic E-state index is 10.6. The second-order valence-electron chi connectivity index (χ2n) is 6.62. The topological polar surface area (TPSA) is 67.8 Å². The van der Waals surface area contributed by atoms with Crippen molar-refractivity contribution in [2.75, 3.05) is 27.3 Å². The standard InChI is InChI=1S/C19H23NO2.C2HF3O2/c1-21-17-8-4-15(5-9-17)19(12-3-13-20-14-19)16-6-10-18(22-2)11-7-16;3-2(4,5)1(6)7/h4-11,20H,3,12-14H2,1-2H3;(H,6,7). The molecule has 1 aliphatic heterocycles. The number of nitrogens with one attached hydrogen (secondary N) is 1. The number of hydrogen-bond acceptors (Lipinski definition) is 4. The molecule has 0 spiro atoms. The lowest BCUT2D eigenvalue weighted by Crippen LogP contribution is -2.44. The first kappa shape index (κ1) is 22.5. The van der Waals surface area contributed by atoms with E-state index >= 15 is 0 Å². The van der Waals surface area contributed by atoms with Crippen molar-refractivity contribution in [1.82, 2.24) is 5.32 Å². The van der Waals surface area contributed by atoms with Gasteiger partial charge in [-0.2, -0.15) is 13.2 Å². The molecule has 0 saturated carbocycles. The molecule has 1 saturated heterocycles. The summed E-state index contributed by atoms with van der Waals surface area (Å²) in [5.74, 6) is -0.956. The lowest BCUT2D eigenvalue weighted by Gasteiger charge is -2.39. The van der Waals surface area contributed by atoms with E-state index in [1.807, 2.05) is 0 Å². The van der Waals surface area contributed by atoms with Gasteiger partial charge < -0.3 is 19.9 Å². The van der Waals surface area contributed by atoms with E-state index in [4.69, 9.17) is 19.4 Å². The van der Waals surface area contributed by atoms with Crippen molar-refractivity contribution in [2.24, 2.45) is 0 Å². The van der Waals surface area contributed by atoms with Crippen molar-refractivity contribution in [2.45, 2.75) is 24.4 Å². The molecule has 3 rings (SSSR count). The first-order valence-corrected chi connectivity index (χ1v) is 9.03. The number of carbonyl (C=O) groups is 1. The van der Waals surface area contributed by atoms with Crippen LogP contribution in [0.15, 0.2) is 48.5 Å². The van der Waals surface area contributed by atoms with E-state index < -0.39 is 12.1 Å². The van der Waals surface area contributed by atoms with Crippen LogP contribution in [-0.4, -0.2) is 44.6 Å². The van der Waals surface area contributed by atoms with Gasteiger partial charge in [0, 0.05) is 12.0 Å². The molecule has 158 valence electrons. The summed E-state index contributed by atoms with van der Waals surface area (Å²) >= 11 is 0. The largest absolute Gasteiger partial charge is 0.497 e. The van der Waals surface area contributed by atoms with Crippen LogP contribution in [0.1, 0.15) is 24.0 Å². The molecule has 2 aromatic rings. The number of aliphatic carboxylic acids is 1. The lowest BCUT2D eigenvalue weighted by atomic mass is 9.70. The Morgan fingerprint density at radius 1 is 0.966 bits per heavy atom. The van der Waals surface area contributed by atoms with E-state index in [0.29, 0.717) is 0 Å². The van der Waals surface area contributed by atoms with E-state index in [-0.39, 0.29) is 5.41 Å². The number of carboxylic acid groups (broad SMARTS) is 1. The van der Waals surface area contributed by atoms with Gasteiger partial charge in [0.25, 0.3) is 0 Å². The lowest BCUT2D eigenvalue weighted by molar-refractivity contribution is -0.192. The summed E-state index contributed by atoms with van der Waals surface area (Å²) in [6.07, 6.45) is -2.75. The van der Waals surface area contributed by atoms with Gasteiger partial charge in [0.1, 0.15) is 11.5 Å². The third-order valence-electron chi connectivity index (χ3n) is 4.91. The van der Waals surface area contributed by atoms with Crippen LogP contribution in [-0.2, 0) is 10.2 Å². The molecule has 1 aliphatic rings. The van der Waals surface area contributed by atoms with Gasteiger partial charge in [0.05, 0.1) is 14.2 Å². The predicted octanol–water partition coefficient (Wildman–Crippen LogP) is 4.01. The highest BCUT2D eigenvalue weighted by molar-refractivity contribution is 5.73. The summed E-state index contributed by atoms with van der Waals surface area (Å²) < 4.78 is 42.3. The average molecular weight is 411 g/mol. The molecule has 0 aliphatic carbocycles. The van der Waals surface area contributed by atoms with E-state index in [9.17, 15) is 13.2 Å². The molecule has 0 unspecified atom stereocenters. The minimum atomic E-state index is -5.08. The zero-order valence-electron chi connectivity index (χ0n) is 16.3. The van der Waals surface area contributed by atoms with Crippen LogP contribution in [0.3, 0.4) is 0 Å². The Hall–Kier alpha value is -2.74. The Bertz CT molecular complexity index is 734. The highest BCUT2D eigenvalue weighted by atomic mass is 19.4. The number of halogens is 3. The van der Waals surface area contributed by atoms with Gasteiger partial charge in [-0.25, -0.2) is 4.79 Å². The first-order valence-electron chi connectivity index (χ1n) is 9.03. The molecule has 0 amide bonds. The fourth-order valence-electron chi connectivity index (χ4n) is 3.38. The highest BCUT2D eigenvalue weighted by Gasteiger charge is 2.38. The molecule has 0 bridgehead atoms. The summed E-state index contributed by atoms with van der Waals surface area (Å²) in [5, 5.41) is 10.7. The molecule has 1 fully saturated rings. The molecular formula is C21H24F3NO4. The van der Waals surface area contributed by atoms with E-state index in [1.165, 1.54) is 17.5 Å². The van der Waals surface area contributed by atoms with Crippen molar-refractivity contribution in [3.05, 3.63) is 59.7 Å². The van der Waals surface area contributed by atoms with E-state index in [0.717, 1.165) is 31.0 Å². The SMILES string of the molecule is COc1ccc(C2(c3ccc(OC)cc3)CCCNC2)cc1.O=C(O)C(F)(F)F. The monoisotopic (exact) mass is 411 g/mol. The second-order valence-corrected chi connectivity index (χ2v) is 6.62. The van der Waals surface area contributed by atoms with Gasteiger partial charge in [-0.05, 0) is 54.8 Å². The molecule has 2 N–H and O–H groups in total. The van der Waals surface area contributed by atoms with Gasteiger partial charge >= 0.3 is 12.1 Å². The maximum atomic E-state index is 10.6. The summed E-state index contributed by atoms with van der Waals surface area (Å²) in [7, 11) is 3.41. The number of benzene rings is 2. The number of methoxy groups -OCH3 is 2. The van der Waals surface area contributed by atoms with Crippen LogP contribution in [0, 0.1) is 0 Å². The van der Waals surface area contributed by atoms with Crippen molar-refractivity contribution in [1.29, 1.82) is 0 Å². The quantitative estimate of drug-likeness (QED) is 0.796. The number of alkyl halides is 3. The molecule has 8 heteroatoms. The molecular weight excluding hydrogens is 387 g/mol. The van der Waals surface area contributed by atoms with Crippen molar-refractivity contribution in [3.8, 4) is 11.5 Å². The normalized spacial score (nSPS) is 15.6. The fourth-order valence-corrected chi connectivity index (χ4v) is 3.38. The number of carboxylic acids is 1. The van der Waals surface area contributed by atoms with Crippen LogP contribution < -0.4 is 14.8 Å². The molecule has 2 aromatic carbocycles. The molecule has 0 aromatic heterocycles. The average Bonchev–Trinajstić information content (AvgIpc) is 2.74. The van der Waals surface area contributed by atoms with Gasteiger partial charge in [-0.3, -0.25) is 0 Å². The van der Waals surface area contributed by atoms with E-state index in [2.05, 4.69) is 53.8 Å². The Kier molecular flexibility index (Phi) is 7.50. The van der Waals surface area contributed by atoms with Gasteiger partial charge in [-0.1, -0.05) is 24.3 Å². The van der Waals surface area contributed by atoms with Crippen molar-refractivity contribution >= 4 is 5.97 Å². The fraction of sp³-hybridized carbons (Fsp3) is 0.381. The zero-order chi connectivity index (χ0) is 21.5. The minimum Gasteiger partial charge on any atom is -0.497 e. The van der Waals surface area contributed by atoms with Gasteiger partial charge in [-0.15, -0.1) is 0 Å². The Morgan fingerprint density at radius 3 is 1.66 bits per heavy atom. The molecule has 29 heavy (non-hydrogen) atoms. The molecule has 5 nitrogen and oxygen atoms in total. The Morgan fingerprint density at radius 2 is 1.38 bits per heavy atom. The zero-order valence-corrected chi connectivity index (χ0v) is 16.3. The van der Waals surface area contributed by atoms with E-state index in [1.54, 1.807) is 14.2 Å². The molecule has 0 atom stereocenters. The van der Waals surface area contributed by atoms with Gasteiger partial charge in [0.15, 0.2) is 0 Å². The maximum Gasteiger partial charge on any atom is 0.490 e. The van der Waals surface area contributed by atoms with Crippen LogP contribution in [0.5, 0.6) is 11.5 Å². The first-order chi connectivity index (χ1) is 13.7. The Labute approximate surface area is 167 Å². The number of ether oxygens (including phenoxy) is 2. The third-order valence-corrected chi connectivity index (χ3v) is 4.91. The highest BCUT2D eigenvalue weighted by Crippen LogP contribution is 2.39. The summed E-state index contributed by atoms with van der Waals surface area (Å²) in [6, 6.07) is 17.0. The van der Waals surface area contributed by atoms with Crippen molar-refractivity contribution < 1.29 is 32.5 Å². The summed E-state index contributed by atoms with van der Waals surface area (Å²) in [6.45, 7) is 2.06. The molecule has 1 heterocycles. The minimum absolute atomic E-state index is 0.0246. The number of rotatable bonds is 4. The number of hydrogen-bond donors (Lipinski definition) is 2. The van der Waals surface area contributed by atoms with Crippen LogP contribution in [0.4, 0.5) is 13.2 Å². The summed E-state index contributed by atoms with van der Waals surface area (Å²) in [4.78, 5) is 8.90. The second kappa shape index (κ2) is 9.65. The van der Waals surface area contributed by atoms with Crippen LogP contribution >= 0.6 is 0 Å². The predicted molar refractivity (Wildman–Crippen MR) is 103 cm³/mol. The van der Waals surface area contributed by atoms with Crippen LogP contribution in [0.2, 0.25) is 0 Å². The van der Waals surface area contributed by atoms with Crippen molar-refractivity contribution in [3.63, 3.8) is 0 Å². The summed E-state index contributed by atoms with van der Waals surface area (Å²) in [5.41, 5.74) is 2.70. The Balaban J connectivity index is 0.000000370. The smallest absolute Gasteiger partial charge is 0.490 e. The molecule has 0 radical (unpaired) electrons.